The van der Waals surface area contributed by atoms with Crippen molar-refractivity contribution in [3.05, 3.63) is 0 Å². The zero-order valence-electron chi connectivity index (χ0n) is 10.6. The summed E-state index contributed by atoms with van der Waals surface area (Å²) in [4.78, 5) is 32.5. The van der Waals surface area contributed by atoms with Gasteiger partial charge in [0.15, 0.2) is 0 Å². The molecule has 110 valence electrons. The molecule has 0 aliphatic heterocycles. The molecule has 0 spiro atoms. The monoisotopic (exact) mass is 275 g/mol. The van der Waals surface area contributed by atoms with Crippen molar-refractivity contribution in [1.29, 1.82) is 0 Å². The van der Waals surface area contributed by atoms with Crippen LogP contribution in [0.25, 0.3) is 0 Å². The highest BCUT2D eigenvalue weighted by Crippen LogP contribution is 2.06. The van der Waals surface area contributed by atoms with Crippen LogP contribution in [0.1, 0.15) is 32.1 Å². The number of Topliss-reactive ketones (excluding diaryl/α,β-unsaturated/α-hetero) is 1. The van der Waals surface area contributed by atoms with Crippen molar-refractivity contribution >= 4 is 17.7 Å². The molecule has 3 unspecified atom stereocenters. The Balaban J connectivity index is 3.88. The molecule has 0 bridgehead atoms. The standard InChI is InChI=1S/C11H21N3O5/c12-6(2-1-3-7(13)10(16)17)9(15)5-4-8(14)11(18)19/h6-8H,1-5,12-14H2,(H,16,17)(H,18,19). The summed E-state index contributed by atoms with van der Waals surface area (Å²) in [5, 5.41) is 17.1. The van der Waals surface area contributed by atoms with Gasteiger partial charge < -0.3 is 27.4 Å². The number of aliphatic carboxylic acids is 2. The summed E-state index contributed by atoms with van der Waals surface area (Å²) in [6.07, 6.45) is 1.02. The minimum absolute atomic E-state index is 0.000380. The quantitative estimate of drug-likeness (QED) is 0.326. The number of carbonyl (C=O) groups is 3. The average Bonchev–Trinajstić information content (AvgIpc) is 2.34. The summed E-state index contributed by atoms with van der Waals surface area (Å²) >= 11 is 0. The van der Waals surface area contributed by atoms with Gasteiger partial charge in [-0.1, -0.05) is 0 Å². The van der Waals surface area contributed by atoms with Crippen LogP contribution in [0.5, 0.6) is 0 Å². The van der Waals surface area contributed by atoms with E-state index in [4.69, 9.17) is 27.4 Å². The van der Waals surface area contributed by atoms with E-state index in [-0.39, 0.29) is 25.0 Å². The van der Waals surface area contributed by atoms with Crippen LogP contribution < -0.4 is 17.2 Å². The van der Waals surface area contributed by atoms with Gasteiger partial charge in [0.05, 0.1) is 6.04 Å². The summed E-state index contributed by atoms with van der Waals surface area (Å²) in [5.74, 6) is -2.53. The molecule has 8 N–H and O–H groups in total. The number of carbonyl (C=O) groups excluding carboxylic acids is 1. The Kier molecular flexibility index (Phi) is 7.89. The van der Waals surface area contributed by atoms with E-state index in [1.807, 2.05) is 0 Å². The molecule has 0 saturated heterocycles. The van der Waals surface area contributed by atoms with Crippen LogP contribution in [-0.4, -0.2) is 46.1 Å². The van der Waals surface area contributed by atoms with E-state index in [0.717, 1.165) is 0 Å². The van der Waals surface area contributed by atoms with Gasteiger partial charge in [-0.25, -0.2) is 0 Å². The van der Waals surface area contributed by atoms with E-state index >= 15 is 0 Å². The molecule has 8 heteroatoms. The van der Waals surface area contributed by atoms with Gasteiger partial charge in [-0.3, -0.25) is 14.4 Å². The molecule has 0 heterocycles. The topological polar surface area (TPSA) is 170 Å². The number of nitrogens with two attached hydrogens (primary N) is 3. The lowest BCUT2D eigenvalue weighted by molar-refractivity contribution is -0.139. The summed E-state index contributed by atoms with van der Waals surface area (Å²) < 4.78 is 0. The van der Waals surface area contributed by atoms with E-state index in [2.05, 4.69) is 0 Å². The third-order valence-corrected chi connectivity index (χ3v) is 2.78. The van der Waals surface area contributed by atoms with Crippen LogP contribution in [0.3, 0.4) is 0 Å². The van der Waals surface area contributed by atoms with Gasteiger partial charge in [0.1, 0.15) is 17.9 Å². The van der Waals surface area contributed by atoms with Crippen LogP contribution >= 0.6 is 0 Å². The van der Waals surface area contributed by atoms with E-state index in [9.17, 15) is 14.4 Å². The minimum Gasteiger partial charge on any atom is -0.480 e. The highest BCUT2D eigenvalue weighted by molar-refractivity contribution is 5.84. The third kappa shape index (κ3) is 7.50. The second-order valence-corrected chi connectivity index (χ2v) is 4.43. The average molecular weight is 275 g/mol. The van der Waals surface area contributed by atoms with Gasteiger partial charge >= 0.3 is 11.9 Å². The number of carboxylic acids is 2. The molecule has 0 aliphatic carbocycles. The molecular weight excluding hydrogens is 254 g/mol. The molecule has 0 saturated carbocycles. The minimum atomic E-state index is -1.16. The fourth-order valence-electron chi connectivity index (χ4n) is 1.45. The SMILES string of the molecule is NC(CCCC(N)C(=O)CCC(N)C(=O)O)C(=O)O. The van der Waals surface area contributed by atoms with E-state index in [1.165, 1.54) is 0 Å². The van der Waals surface area contributed by atoms with E-state index < -0.39 is 30.1 Å². The fraction of sp³-hybridized carbons (Fsp3) is 0.727. The van der Waals surface area contributed by atoms with Crippen molar-refractivity contribution in [2.75, 3.05) is 0 Å². The van der Waals surface area contributed by atoms with Gasteiger partial charge in [-0.05, 0) is 25.7 Å². The molecule has 0 fully saturated rings. The molecule has 0 aromatic rings. The predicted octanol–water partition coefficient (Wildman–Crippen LogP) is -1.34. The molecule has 0 radical (unpaired) electrons. The predicted molar refractivity (Wildman–Crippen MR) is 67.3 cm³/mol. The van der Waals surface area contributed by atoms with Crippen LogP contribution in [0.2, 0.25) is 0 Å². The van der Waals surface area contributed by atoms with Crippen LogP contribution in [0, 0.1) is 0 Å². The van der Waals surface area contributed by atoms with E-state index in [0.29, 0.717) is 12.8 Å². The lowest BCUT2D eigenvalue weighted by atomic mass is 9.99. The molecule has 0 aliphatic rings. The Morgan fingerprint density at radius 2 is 1.21 bits per heavy atom. The molecule has 19 heavy (non-hydrogen) atoms. The van der Waals surface area contributed by atoms with Crippen LogP contribution in [0.4, 0.5) is 0 Å². The van der Waals surface area contributed by atoms with Crippen molar-refractivity contribution in [2.45, 2.75) is 50.2 Å². The molecule has 0 aromatic carbocycles. The highest BCUT2D eigenvalue weighted by Gasteiger charge is 2.18. The maximum Gasteiger partial charge on any atom is 0.320 e. The molecule has 0 rings (SSSR count). The third-order valence-electron chi connectivity index (χ3n) is 2.78. The molecule has 0 amide bonds. The van der Waals surface area contributed by atoms with Gasteiger partial charge in [0, 0.05) is 6.42 Å². The maximum absolute atomic E-state index is 11.6. The molecule has 0 aromatic heterocycles. The summed E-state index contributed by atoms with van der Waals surface area (Å²) in [6, 6.07) is -2.76. The normalized spacial score (nSPS) is 15.5. The largest absolute Gasteiger partial charge is 0.480 e. The lowest BCUT2D eigenvalue weighted by Crippen LogP contribution is -2.35. The first-order valence-electron chi connectivity index (χ1n) is 6.00. The van der Waals surface area contributed by atoms with Crippen molar-refractivity contribution in [2.24, 2.45) is 17.2 Å². The summed E-state index contributed by atoms with van der Waals surface area (Å²) in [5.41, 5.74) is 16.2. The molecule has 8 nitrogen and oxygen atoms in total. The second-order valence-electron chi connectivity index (χ2n) is 4.43. The number of hydrogen-bond acceptors (Lipinski definition) is 6. The number of ketones is 1. The Morgan fingerprint density at radius 1 is 0.789 bits per heavy atom. The number of carboxylic acid groups (broad SMARTS) is 2. The second kappa shape index (κ2) is 8.57. The Bertz CT molecular complexity index is 334. The van der Waals surface area contributed by atoms with Crippen molar-refractivity contribution < 1.29 is 24.6 Å². The first-order valence-corrected chi connectivity index (χ1v) is 6.00. The Hall–Kier alpha value is -1.51. The zero-order valence-corrected chi connectivity index (χ0v) is 10.6. The fourth-order valence-corrected chi connectivity index (χ4v) is 1.45. The summed E-state index contributed by atoms with van der Waals surface area (Å²) in [7, 11) is 0. The molecular formula is C11H21N3O5. The highest BCUT2D eigenvalue weighted by atomic mass is 16.4. The Morgan fingerprint density at radius 3 is 1.68 bits per heavy atom. The van der Waals surface area contributed by atoms with Crippen LogP contribution in [0.15, 0.2) is 0 Å². The zero-order chi connectivity index (χ0) is 15.0. The Labute approximate surface area is 110 Å². The number of rotatable bonds is 10. The summed E-state index contributed by atoms with van der Waals surface area (Å²) in [6.45, 7) is 0. The van der Waals surface area contributed by atoms with Crippen LogP contribution in [-0.2, 0) is 14.4 Å². The smallest absolute Gasteiger partial charge is 0.320 e. The van der Waals surface area contributed by atoms with Gasteiger partial charge in [0.2, 0.25) is 0 Å². The molecule has 3 atom stereocenters. The lowest BCUT2D eigenvalue weighted by Gasteiger charge is -2.12. The van der Waals surface area contributed by atoms with Crippen molar-refractivity contribution in [3.8, 4) is 0 Å². The van der Waals surface area contributed by atoms with Crippen molar-refractivity contribution in [3.63, 3.8) is 0 Å². The first-order chi connectivity index (χ1) is 8.75. The number of hydrogen-bond donors (Lipinski definition) is 5. The maximum atomic E-state index is 11.6. The van der Waals surface area contributed by atoms with E-state index in [1.54, 1.807) is 0 Å². The van der Waals surface area contributed by atoms with Crippen molar-refractivity contribution in [1.82, 2.24) is 0 Å². The van der Waals surface area contributed by atoms with Gasteiger partial charge in [-0.15, -0.1) is 0 Å². The first kappa shape index (κ1) is 17.5. The van der Waals surface area contributed by atoms with Gasteiger partial charge in [0.25, 0.3) is 0 Å². The van der Waals surface area contributed by atoms with Gasteiger partial charge in [-0.2, -0.15) is 0 Å².